The van der Waals surface area contributed by atoms with Crippen LogP contribution in [0, 0.1) is 0 Å². The van der Waals surface area contributed by atoms with E-state index in [1.165, 1.54) is 39.3 Å². The van der Waals surface area contributed by atoms with Crippen LogP contribution in [0.15, 0.2) is 42.0 Å². The van der Waals surface area contributed by atoms with Gasteiger partial charge in [-0.2, -0.15) is 4.58 Å². The number of ether oxygens (including phenoxy) is 1. The molecule has 0 saturated heterocycles. The van der Waals surface area contributed by atoms with E-state index in [1.54, 1.807) is 0 Å². The van der Waals surface area contributed by atoms with Crippen molar-refractivity contribution in [2.45, 2.75) is 83.2 Å². The molecular weight excluding hydrogens is 460 g/mol. The summed E-state index contributed by atoms with van der Waals surface area (Å²) in [4.78, 5) is 13.4. The lowest BCUT2D eigenvalue weighted by atomic mass is 9.74. The molecule has 6 rings (SSSR count). The second kappa shape index (κ2) is 8.75. The Balaban J connectivity index is 1.34. The molecule has 5 nitrogen and oxygen atoms in total. The minimum atomic E-state index is -0.699. The van der Waals surface area contributed by atoms with Crippen LogP contribution < -0.4 is 9.64 Å². The Labute approximate surface area is 220 Å². The number of benzene rings is 2. The molecule has 5 heteroatoms. The number of aliphatic carboxylic acids is 1. The average molecular weight is 500 g/mol. The summed E-state index contributed by atoms with van der Waals surface area (Å²) in [5, 5.41) is 8.94. The second-order valence-corrected chi connectivity index (χ2v) is 12.4. The first-order valence-electron chi connectivity index (χ1n) is 14.0. The van der Waals surface area contributed by atoms with E-state index in [-0.39, 0.29) is 23.4 Å². The highest BCUT2D eigenvalue weighted by Gasteiger charge is 2.52. The highest BCUT2D eigenvalue weighted by molar-refractivity contribution is 6.11. The number of hydrogen-bond donors (Lipinski definition) is 1. The molecule has 4 aliphatic rings. The quantitative estimate of drug-likeness (QED) is 0.367. The third kappa shape index (κ3) is 3.98. The zero-order valence-electron chi connectivity index (χ0n) is 22.6. The Hall–Kier alpha value is -3.08. The van der Waals surface area contributed by atoms with Crippen molar-refractivity contribution in [3.8, 4) is 5.75 Å². The number of fused-ring (bicyclic) bond motifs is 6. The lowest BCUT2D eigenvalue weighted by Crippen LogP contribution is -2.43. The molecule has 2 aromatic carbocycles. The predicted molar refractivity (Wildman–Crippen MR) is 149 cm³/mol. The van der Waals surface area contributed by atoms with Crippen molar-refractivity contribution in [1.29, 1.82) is 0 Å². The van der Waals surface area contributed by atoms with Gasteiger partial charge in [0.15, 0.2) is 12.3 Å². The van der Waals surface area contributed by atoms with Crippen molar-refractivity contribution < 1.29 is 19.2 Å². The zero-order valence-corrected chi connectivity index (χ0v) is 22.6. The number of anilines is 1. The monoisotopic (exact) mass is 499 g/mol. The maximum atomic E-state index is 10.9. The maximum Gasteiger partial charge on any atom is 0.303 e. The van der Waals surface area contributed by atoms with Gasteiger partial charge in [-0.25, -0.2) is 0 Å². The molecule has 0 bridgehead atoms. The van der Waals surface area contributed by atoms with Gasteiger partial charge in [-0.3, -0.25) is 4.79 Å². The molecule has 0 amide bonds. The molecule has 0 aromatic heterocycles. The Bertz CT molecular complexity index is 1330. The topological polar surface area (TPSA) is 52.8 Å². The van der Waals surface area contributed by atoms with E-state index >= 15 is 0 Å². The molecule has 0 fully saturated rings. The van der Waals surface area contributed by atoms with Gasteiger partial charge in [-0.15, -0.1) is 0 Å². The largest absolute Gasteiger partial charge is 0.485 e. The molecular formula is C32H39N2O3+. The second-order valence-electron chi connectivity index (χ2n) is 12.4. The fourth-order valence-electron chi connectivity index (χ4n) is 6.99. The minimum Gasteiger partial charge on any atom is -0.485 e. The summed E-state index contributed by atoms with van der Waals surface area (Å²) < 4.78 is 9.31. The molecule has 2 aromatic rings. The number of rotatable bonds is 6. The van der Waals surface area contributed by atoms with Gasteiger partial charge in [0, 0.05) is 54.9 Å². The summed E-state index contributed by atoms with van der Waals surface area (Å²) in [6, 6.07) is 13.5. The molecule has 1 atom stereocenters. The molecule has 0 aliphatic carbocycles. The van der Waals surface area contributed by atoms with Crippen LogP contribution in [0.2, 0.25) is 0 Å². The standard InChI is InChI=1S/C32H38N2O3/c1-31(2)14-17-33(15-9-5-6-12-29(35)36)26-20-28-21(19-24(26)31)18-22-27(37-28)13-16-34-25-11-8-7-10-23(25)32(3,4)30(22)34/h7-8,10-11,18-20,27H,5-6,9,12-17H2,1-4H3/p+1. The lowest BCUT2D eigenvalue weighted by Gasteiger charge is -2.42. The van der Waals surface area contributed by atoms with Gasteiger partial charge in [0.25, 0.3) is 0 Å². The summed E-state index contributed by atoms with van der Waals surface area (Å²) in [7, 11) is 0. The average Bonchev–Trinajstić information content (AvgIpc) is 3.10. The summed E-state index contributed by atoms with van der Waals surface area (Å²) in [5.41, 5.74) is 9.43. The molecule has 37 heavy (non-hydrogen) atoms. The third-order valence-electron chi connectivity index (χ3n) is 9.07. The van der Waals surface area contributed by atoms with E-state index in [9.17, 15) is 4.79 Å². The Morgan fingerprint density at radius 2 is 1.92 bits per heavy atom. The van der Waals surface area contributed by atoms with Crippen molar-refractivity contribution in [3.05, 3.63) is 58.7 Å². The minimum absolute atomic E-state index is 0.0487. The smallest absolute Gasteiger partial charge is 0.303 e. The van der Waals surface area contributed by atoms with Crippen molar-refractivity contribution in [2.75, 3.05) is 24.5 Å². The normalized spacial score (nSPS) is 22.2. The van der Waals surface area contributed by atoms with Crippen molar-refractivity contribution in [2.24, 2.45) is 0 Å². The molecule has 0 saturated carbocycles. The number of carboxylic acids is 1. The molecule has 0 radical (unpaired) electrons. The summed E-state index contributed by atoms with van der Waals surface area (Å²) in [6.45, 7) is 12.4. The third-order valence-corrected chi connectivity index (χ3v) is 9.07. The molecule has 4 heterocycles. The Kier molecular flexibility index (Phi) is 5.74. The number of hydrogen-bond acceptors (Lipinski definition) is 3. The number of unbranched alkanes of at least 4 members (excludes halogenated alkanes) is 2. The van der Waals surface area contributed by atoms with Crippen LogP contribution in [0.4, 0.5) is 11.4 Å². The van der Waals surface area contributed by atoms with Gasteiger partial charge in [0.05, 0.1) is 11.0 Å². The van der Waals surface area contributed by atoms with Gasteiger partial charge in [0.1, 0.15) is 11.9 Å². The van der Waals surface area contributed by atoms with Crippen LogP contribution in [0.25, 0.3) is 6.08 Å². The summed E-state index contributed by atoms with van der Waals surface area (Å²) in [5.74, 6) is 0.304. The van der Waals surface area contributed by atoms with Crippen LogP contribution in [0.3, 0.4) is 0 Å². The zero-order chi connectivity index (χ0) is 25.9. The highest BCUT2D eigenvalue weighted by atomic mass is 16.5. The van der Waals surface area contributed by atoms with Gasteiger partial charge in [0.2, 0.25) is 5.69 Å². The Morgan fingerprint density at radius 1 is 1.11 bits per heavy atom. The fourth-order valence-corrected chi connectivity index (χ4v) is 6.99. The predicted octanol–water partition coefficient (Wildman–Crippen LogP) is 6.44. The molecule has 4 aliphatic heterocycles. The van der Waals surface area contributed by atoms with Gasteiger partial charge in [-0.1, -0.05) is 38.5 Å². The number of para-hydroxylation sites is 1. The number of carboxylic acid groups (broad SMARTS) is 1. The number of nitrogens with zero attached hydrogens (tertiary/aromatic N) is 2. The van der Waals surface area contributed by atoms with Crippen LogP contribution >= 0.6 is 0 Å². The van der Waals surface area contributed by atoms with Crippen molar-refractivity contribution >= 4 is 29.1 Å². The van der Waals surface area contributed by atoms with E-state index in [1.807, 2.05) is 0 Å². The van der Waals surface area contributed by atoms with Gasteiger partial charge >= 0.3 is 5.97 Å². The van der Waals surface area contributed by atoms with Crippen LogP contribution in [0.5, 0.6) is 5.75 Å². The van der Waals surface area contributed by atoms with E-state index in [2.05, 4.69) is 79.6 Å². The fraction of sp³-hybridized carbons (Fsp3) is 0.500. The number of carbonyl (C=O) groups is 1. The van der Waals surface area contributed by atoms with E-state index in [0.717, 1.165) is 57.5 Å². The summed E-state index contributed by atoms with van der Waals surface area (Å²) in [6.07, 6.45) is 7.58. The van der Waals surface area contributed by atoms with Gasteiger partial charge < -0.3 is 14.7 Å². The van der Waals surface area contributed by atoms with Crippen molar-refractivity contribution in [1.82, 2.24) is 0 Å². The first-order chi connectivity index (χ1) is 17.7. The lowest BCUT2D eigenvalue weighted by molar-refractivity contribution is -0.444. The van der Waals surface area contributed by atoms with Crippen LogP contribution in [-0.4, -0.2) is 47.1 Å². The van der Waals surface area contributed by atoms with Crippen LogP contribution in [-0.2, 0) is 15.6 Å². The Morgan fingerprint density at radius 3 is 2.73 bits per heavy atom. The van der Waals surface area contributed by atoms with Gasteiger partial charge in [-0.05, 0) is 56.2 Å². The van der Waals surface area contributed by atoms with E-state index in [0.29, 0.717) is 0 Å². The highest BCUT2D eigenvalue weighted by Crippen LogP contribution is 2.49. The van der Waals surface area contributed by atoms with E-state index in [4.69, 9.17) is 9.84 Å². The molecule has 1 unspecified atom stereocenters. The van der Waals surface area contributed by atoms with Crippen molar-refractivity contribution in [3.63, 3.8) is 0 Å². The SMILES string of the molecule is CC1(C)CCN(CCCCCC(=O)O)c2cc3c(cc21)C=C1C2=[N+](CCC1O3)c1ccccc1C2(C)C. The molecule has 1 N–H and O–H groups in total. The first kappa shape index (κ1) is 24.3. The molecule has 194 valence electrons. The van der Waals surface area contributed by atoms with E-state index < -0.39 is 5.97 Å². The first-order valence-corrected chi connectivity index (χ1v) is 14.0. The maximum absolute atomic E-state index is 10.9. The van der Waals surface area contributed by atoms with Crippen LogP contribution in [0.1, 0.15) is 82.9 Å². The summed E-state index contributed by atoms with van der Waals surface area (Å²) >= 11 is 0. The molecule has 0 spiro atoms.